The summed E-state index contributed by atoms with van der Waals surface area (Å²) in [7, 11) is 1.31. The minimum Gasteiger partial charge on any atom is -0.469 e. The first-order valence-corrected chi connectivity index (χ1v) is 8.58. The van der Waals surface area contributed by atoms with Crippen molar-refractivity contribution in [2.24, 2.45) is 5.92 Å². The average molecular weight is 402 g/mol. The number of nitrogens with zero attached hydrogens (tertiary/aromatic N) is 1. The zero-order valence-electron chi connectivity index (χ0n) is 13.6. The quantitative estimate of drug-likeness (QED) is 0.582. The molecule has 1 aliphatic rings. The lowest BCUT2D eigenvalue weighted by Crippen LogP contribution is -2.28. The zero-order chi connectivity index (χ0) is 18.0. The van der Waals surface area contributed by atoms with E-state index in [-0.39, 0.29) is 24.7 Å². The standard InChI is InChI=1S/C19H16BrNO4/c1-25-19(24)13-9-17(22)21(11-13)16-8-7-14(20)10-15(16)18(23)12-5-3-2-4-6-12/h2-8,10,13H,9,11H2,1H3. The van der Waals surface area contributed by atoms with Crippen LogP contribution in [0.15, 0.2) is 53.0 Å². The first kappa shape index (κ1) is 17.4. The maximum Gasteiger partial charge on any atom is 0.311 e. The Morgan fingerprint density at radius 3 is 2.56 bits per heavy atom. The van der Waals surface area contributed by atoms with Gasteiger partial charge in [-0.2, -0.15) is 0 Å². The Morgan fingerprint density at radius 1 is 1.16 bits per heavy atom. The average Bonchev–Trinajstić information content (AvgIpc) is 3.02. The molecule has 0 bridgehead atoms. The molecule has 1 heterocycles. The van der Waals surface area contributed by atoms with E-state index in [1.807, 2.05) is 6.07 Å². The fourth-order valence-electron chi connectivity index (χ4n) is 2.94. The second-order valence-corrected chi connectivity index (χ2v) is 6.70. The van der Waals surface area contributed by atoms with E-state index in [0.717, 1.165) is 4.47 Å². The largest absolute Gasteiger partial charge is 0.469 e. The van der Waals surface area contributed by atoms with E-state index >= 15 is 0 Å². The molecular formula is C19H16BrNO4. The number of carbonyl (C=O) groups excluding carboxylic acids is 3. The normalized spacial score (nSPS) is 16.8. The smallest absolute Gasteiger partial charge is 0.311 e. The molecule has 1 atom stereocenters. The monoisotopic (exact) mass is 401 g/mol. The van der Waals surface area contributed by atoms with Gasteiger partial charge in [0.1, 0.15) is 0 Å². The molecule has 1 saturated heterocycles. The molecule has 1 aliphatic heterocycles. The van der Waals surface area contributed by atoms with E-state index in [9.17, 15) is 14.4 Å². The first-order chi connectivity index (χ1) is 12.0. The Kier molecular flexibility index (Phi) is 4.99. The van der Waals surface area contributed by atoms with E-state index in [2.05, 4.69) is 15.9 Å². The number of hydrogen-bond donors (Lipinski definition) is 0. The Labute approximate surface area is 153 Å². The van der Waals surface area contributed by atoms with Crippen molar-refractivity contribution in [2.75, 3.05) is 18.6 Å². The molecule has 6 heteroatoms. The van der Waals surface area contributed by atoms with Crippen molar-refractivity contribution in [2.45, 2.75) is 6.42 Å². The molecule has 0 saturated carbocycles. The van der Waals surface area contributed by atoms with Crippen LogP contribution in [0.2, 0.25) is 0 Å². The second-order valence-electron chi connectivity index (χ2n) is 5.79. The van der Waals surface area contributed by atoms with E-state index in [1.54, 1.807) is 42.5 Å². The van der Waals surface area contributed by atoms with Crippen molar-refractivity contribution in [1.29, 1.82) is 0 Å². The van der Waals surface area contributed by atoms with Gasteiger partial charge in [-0.15, -0.1) is 0 Å². The SMILES string of the molecule is COC(=O)C1CC(=O)N(c2ccc(Br)cc2C(=O)c2ccccc2)C1. The van der Waals surface area contributed by atoms with Crippen molar-refractivity contribution >= 4 is 39.3 Å². The number of esters is 1. The third-order valence-electron chi connectivity index (χ3n) is 4.19. The number of ketones is 1. The molecule has 0 spiro atoms. The molecule has 25 heavy (non-hydrogen) atoms. The van der Waals surface area contributed by atoms with Gasteiger partial charge in [-0.1, -0.05) is 46.3 Å². The summed E-state index contributed by atoms with van der Waals surface area (Å²) >= 11 is 3.38. The number of methoxy groups -OCH3 is 1. The lowest BCUT2D eigenvalue weighted by Gasteiger charge is -2.20. The van der Waals surface area contributed by atoms with Crippen LogP contribution in [-0.2, 0) is 14.3 Å². The summed E-state index contributed by atoms with van der Waals surface area (Å²) in [5.41, 5.74) is 1.46. The van der Waals surface area contributed by atoms with Gasteiger partial charge in [0.25, 0.3) is 0 Å². The summed E-state index contributed by atoms with van der Waals surface area (Å²) in [6.45, 7) is 0.211. The van der Waals surface area contributed by atoms with Crippen LogP contribution < -0.4 is 4.90 Å². The van der Waals surface area contributed by atoms with E-state index in [4.69, 9.17) is 4.74 Å². The Hall–Kier alpha value is -2.47. The molecular weight excluding hydrogens is 386 g/mol. The van der Waals surface area contributed by atoms with Crippen molar-refractivity contribution < 1.29 is 19.1 Å². The molecule has 128 valence electrons. The van der Waals surface area contributed by atoms with Gasteiger partial charge in [0.2, 0.25) is 5.91 Å². The topological polar surface area (TPSA) is 63.7 Å². The fourth-order valence-corrected chi connectivity index (χ4v) is 3.30. The maximum atomic E-state index is 12.9. The van der Waals surface area contributed by atoms with Crippen LogP contribution >= 0.6 is 15.9 Å². The Balaban J connectivity index is 1.99. The van der Waals surface area contributed by atoms with Crippen LogP contribution in [0, 0.1) is 5.92 Å². The summed E-state index contributed by atoms with van der Waals surface area (Å²) in [4.78, 5) is 38.5. The van der Waals surface area contributed by atoms with Crippen molar-refractivity contribution in [3.05, 3.63) is 64.1 Å². The fraction of sp³-hybridized carbons (Fsp3) is 0.211. The molecule has 0 radical (unpaired) electrons. The molecule has 1 unspecified atom stereocenters. The minimum absolute atomic E-state index is 0.0850. The number of amides is 1. The highest BCUT2D eigenvalue weighted by molar-refractivity contribution is 9.10. The van der Waals surface area contributed by atoms with Crippen LogP contribution in [-0.4, -0.2) is 31.3 Å². The van der Waals surface area contributed by atoms with Gasteiger partial charge in [-0.3, -0.25) is 14.4 Å². The number of anilines is 1. The van der Waals surface area contributed by atoms with Crippen LogP contribution in [0.1, 0.15) is 22.3 Å². The predicted octanol–water partition coefficient (Wildman–Crippen LogP) is 3.21. The lowest BCUT2D eigenvalue weighted by atomic mass is 10.0. The highest BCUT2D eigenvalue weighted by atomic mass is 79.9. The summed E-state index contributed by atoms with van der Waals surface area (Å²) < 4.78 is 5.48. The van der Waals surface area contributed by atoms with Gasteiger partial charge < -0.3 is 9.64 Å². The molecule has 0 N–H and O–H groups in total. The zero-order valence-corrected chi connectivity index (χ0v) is 15.2. The first-order valence-electron chi connectivity index (χ1n) is 7.78. The highest BCUT2D eigenvalue weighted by Crippen LogP contribution is 2.32. The predicted molar refractivity (Wildman–Crippen MR) is 96.5 cm³/mol. The molecule has 0 aromatic heterocycles. The summed E-state index contributed by atoms with van der Waals surface area (Å²) in [5, 5.41) is 0. The van der Waals surface area contributed by atoms with Gasteiger partial charge >= 0.3 is 5.97 Å². The maximum absolute atomic E-state index is 12.9. The summed E-state index contributed by atoms with van der Waals surface area (Å²) in [6, 6.07) is 14.1. The lowest BCUT2D eigenvalue weighted by molar-refractivity contribution is -0.145. The Bertz CT molecular complexity index is 835. The van der Waals surface area contributed by atoms with Crippen LogP contribution in [0.3, 0.4) is 0 Å². The van der Waals surface area contributed by atoms with E-state index < -0.39 is 11.9 Å². The molecule has 1 fully saturated rings. The van der Waals surface area contributed by atoms with Gasteiger partial charge in [-0.05, 0) is 18.2 Å². The number of benzene rings is 2. The molecule has 2 aromatic rings. The Morgan fingerprint density at radius 2 is 1.88 bits per heavy atom. The van der Waals surface area contributed by atoms with Gasteiger partial charge in [-0.25, -0.2) is 0 Å². The summed E-state index contributed by atoms with van der Waals surface area (Å²) in [6.07, 6.45) is 0.0850. The third-order valence-corrected chi connectivity index (χ3v) is 4.68. The molecule has 1 amide bonds. The van der Waals surface area contributed by atoms with E-state index in [1.165, 1.54) is 12.0 Å². The van der Waals surface area contributed by atoms with Crippen molar-refractivity contribution in [3.63, 3.8) is 0 Å². The molecule has 5 nitrogen and oxygen atoms in total. The molecule has 2 aromatic carbocycles. The van der Waals surface area contributed by atoms with E-state index in [0.29, 0.717) is 16.8 Å². The van der Waals surface area contributed by atoms with Gasteiger partial charge in [0.05, 0.1) is 18.7 Å². The van der Waals surface area contributed by atoms with Crippen molar-refractivity contribution in [3.8, 4) is 0 Å². The summed E-state index contributed by atoms with van der Waals surface area (Å²) in [5.74, 6) is -1.30. The van der Waals surface area contributed by atoms with Crippen LogP contribution in [0.25, 0.3) is 0 Å². The number of hydrogen-bond acceptors (Lipinski definition) is 4. The number of carbonyl (C=O) groups is 3. The third kappa shape index (κ3) is 3.49. The second kappa shape index (κ2) is 7.19. The van der Waals surface area contributed by atoms with Gasteiger partial charge in [0, 0.05) is 28.6 Å². The number of ether oxygens (including phenoxy) is 1. The van der Waals surface area contributed by atoms with Crippen LogP contribution in [0.5, 0.6) is 0 Å². The number of rotatable bonds is 4. The molecule has 0 aliphatic carbocycles. The highest BCUT2D eigenvalue weighted by Gasteiger charge is 2.37. The molecule has 3 rings (SSSR count). The van der Waals surface area contributed by atoms with Crippen LogP contribution in [0.4, 0.5) is 5.69 Å². The number of halogens is 1. The minimum atomic E-state index is -0.513. The van der Waals surface area contributed by atoms with Crippen molar-refractivity contribution in [1.82, 2.24) is 0 Å². The van der Waals surface area contributed by atoms with Gasteiger partial charge in [0.15, 0.2) is 5.78 Å².